The molecule has 1 aliphatic heterocycles. The zero-order valence-corrected chi connectivity index (χ0v) is 12.6. The van der Waals surface area contributed by atoms with E-state index in [0.29, 0.717) is 31.3 Å². The smallest absolute Gasteiger partial charge is 0.224 e. The SMILES string of the molecule is CC(C)C(CN)c1cncn1CCC(=O)N1CCCC1. The minimum atomic E-state index is 0.260. The van der Waals surface area contributed by atoms with Crippen LogP contribution < -0.4 is 5.73 Å². The Balaban J connectivity index is 1.96. The van der Waals surface area contributed by atoms with E-state index in [1.165, 1.54) is 0 Å². The Bertz CT molecular complexity index is 435. The Morgan fingerprint density at radius 2 is 2.10 bits per heavy atom. The summed E-state index contributed by atoms with van der Waals surface area (Å²) in [4.78, 5) is 18.3. The molecule has 5 heteroatoms. The van der Waals surface area contributed by atoms with Crippen LogP contribution in [0.4, 0.5) is 0 Å². The standard InChI is InChI=1S/C15H26N4O/c1-12(2)13(9-16)14-10-17-11-19(14)8-5-15(20)18-6-3-4-7-18/h10-13H,3-9,16H2,1-2H3. The van der Waals surface area contributed by atoms with Gasteiger partial charge < -0.3 is 15.2 Å². The number of carbonyl (C=O) groups excluding carboxylic acids is 1. The Morgan fingerprint density at radius 3 is 2.70 bits per heavy atom. The molecule has 2 heterocycles. The van der Waals surface area contributed by atoms with E-state index in [4.69, 9.17) is 5.73 Å². The van der Waals surface area contributed by atoms with Gasteiger partial charge in [-0.05, 0) is 18.8 Å². The molecule has 112 valence electrons. The van der Waals surface area contributed by atoms with E-state index in [9.17, 15) is 4.79 Å². The second kappa shape index (κ2) is 6.88. The van der Waals surface area contributed by atoms with E-state index in [0.717, 1.165) is 31.6 Å². The summed E-state index contributed by atoms with van der Waals surface area (Å²) in [7, 11) is 0. The van der Waals surface area contributed by atoms with Crippen molar-refractivity contribution in [2.45, 2.75) is 45.6 Å². The monoisotopic (exact) mass is 278 g/mol. The zero-order chi connectivity index (χ0) is 14.5. The van der Waals surface area contributed by atoms with Crippen molar-refractivity contribution < 1.29 is 4.79 Å². The normalized spacial score (nSPS) is 16.9. The zero-order valence-electron chi connectivity index (χ0n) is 12.6. The van der Waals surface area contributed by atoms with Gasteiger partial charge >= 0.3 is 0 Å². The van der Waals surface area contributed by atoms with Crippen molar-refractivity contribution in [3.63, 3.8) is 0 Å². The van der Waals surface area contributed by atoms with Gasteiger partial charge in [0.25, 0.3) is 0 Å². The number of rotatable bonds is 6. The molecule has 1 aromatic rings. The highest BCUT2D eigenvalue weighted by Gasteiger charge is 2.20. The maximum atomic E-state index is 12.1. The lowest BCUT2D eigenvalue weighted by Crippen LogP contribution is -2.29. The summed E-state index contributed by atoms with van der Waals surface area (Å²) in [6, 6.07) is 0. The molecule has 1 atom stereocenters. The third-order valence-electron chi connectivity index (χ3n) is 4.21. The van der Waals surface area contributed by atoms with E-state index in [2.05, 4.69) is 23.4 Å². The molecule has 1 unspecified atom stereocenters. The fourth-order valence-electron chi connectivity index (χ4n) is 2.90. The van der Waals surface area contributed by atoms with Gasteiger partial charge in [0.05, 0.1) is 6.33 Å². The summed E-state index contributed by atoms with van der Waals surface area (Å²) < 4.78 is 2.09. The van der Waals surface area contributed by atoms with Crippen LogP contribution in [0.3, 0.4) is 0 Å². The quantitative estimate of drug-likeness (QED) is 0.859. The lowest BCUT2D eigenvalue weighted by molar-refractivity contribution is -0.130. The molecule has 1 aromatic heterocycles. The average Bonchev–Trinajstić information content (AvgIpc) is 3.08. The molecular weight excluding hydrogens is 252 g/mol. The predicted octanol–water partition coefficient (Wildman–Crippen LogP) is 1.59. The molecule has 1 fully saturated rings. The molecule has 0 spiro atoms. The molecule has 5 nitrogen and oxygen atoms in total. The van der Waals surface area contributed by atoms with Crippen molar-refractivity contribution in [2.75, 3.05) is 19.6 Å². The Morgan fingerprint density at radius 1 is 1.40 bits per heavy atom. The van der Waals surface area contributed by atoms with Crippen LogP contribution in [0.5, 0.6) is 0 Å². The fourth-order valence-corrected chi connectivity index (χ4v) is 2.90. The molecule has 1 aliphatic rings. The highest BCUT2D eigenvalue weighted by atomic mass is 16.2. The summed E-state index contributed by atoms with van der Waals surface area (Å²) in [5.74, 6) is 1.04. The van der Waals surface area contributed by atoms with E-state index in [1.807, 2.05) is 17.4 Å². The maximum Gasteiger partial charge on any atom is 0.224 e. The van der Waals surface area contributed by atoms with E-state index in [-0.39, 0.29) is 5.91 Å². The van der Waals surface area contributed by atoms with Crippen LogP contribution in [0.1, 0.15) is 44.7 Å². The van der Waals surface area contributed by atoms with E-state index < -0.39 is 0 Å². The van der Waals surface area contributed by atoms with Gasteiger partial charge in [0.1, 0.15) is 0 Å². The fraction of sp³-hybridized carbons (Fsp3) is 0.733. The van der Waals surface area contributed by atoms with Gasteiger partial charge in [0, 0.05) is 50.4 Å². The van der Waals surface area contributed by atoms with Crippen LogP contribution in [-0.4, -0.2) is 40.0 Å². The first-order valence-corrected chi connectivity index (χ1v) is 7.61. The average molecular weight is 278 g/mol. The number of hydrogen-bond donors (Lipinski definition) is 1. The van der Waals surface area contributed by atoms with Crippen LogP contribution in [-0.2, 0) is 11.3 Å². The molecule has 1 amide bonds. The third kappa shape index (κ3) is 3.39. The summed E-state index contributed by atoms with van der Waals surface area (Å²) in [5.41, 5.74) is 7.02. The first-order valence-electron chi connectivity index (χ1n) is 7.61. The van der Waals surface area contributed by atoms with Crippen molar-refractivity contribution >= 4 is 5.91 Å². The van der Waals surface area contributed by atoms with E-state index >= 15 is 0 Å². The number of likely N-dealkylation sites (tertiary alicyclic amines) is 1. The second-order valence-corrected chi connectivity index (χ2v) is 5.94. The van der Waals surface area contributed by atoms with Crippen molar-refractivity contribution in [3.8, 4) is 0 Å². The number of aryl methyl sites for hydroxylation is 1. The molecule has 0 saturated carbocycles. The maximum absolute atomic E-state index is 12.1. The van der Waals surface area contributed by atoms with Crippen LogP contribution in [0.25, 0.3) is 0 Å². The largest absolute Gasteiger partial charge is 0.343 e. The number of hydrogen-bond acceptors (Lipinski definition) is 3. The van der Waals surface area contributed by atoms with Crippen LogP contribution in [0.2, 0.25) is 0 Å². The molecule has 20 heavy (non-hydrogen) atoms. The van der Waals surface area contributed by atoms with Crippen molar-refractivity contribution in [2.24, 2.45) is 11.7 Å². The van der Waals surface area contributed by atoms with Crippen LogP contribution in [0, 0.1) is 5.92 Å². The number of imidazole rings is 1. The van der Waals surface area contributed by atoms with Crippen molar-refractivity contribution in [1.82, 2.24) is 14.5 Å². The molecule has 0 aliphatic carbocycles. The highest BCUT2D eigenvalue weighted by Crippen LogP contribution is 2.23. The summed E-state index contributed by atoms with van der Waals surface area (Å²) in [6.45, 7) is 7.51. The van der Waals surface area contributed by atoms with Crippen molar-refractivity contribution in [1.29, 1.82) is 0 Å². The number of carbonyl (C=O) groups is 1. The Hall–Kier alpha value is -1.36. The molecule has 0 aromatic carbocycles. The molecule has 0 bridgehead atoms. The number of nitrogens with zero attached hydrogens (tertiary/aromatic N) is 3. The first kappa shape index (κ1) is 15.0. The van der Waals surface area contributed by atoms with Gasteiger partial charge in [0.2, 0.25) is 5.91 Å². The third-order valence-corrected chi connectivity index (χ3v) is 4.21. The minimum absolute atomic E-state index is 0.260. The Kier molecular flexibility index (Phi) is 5.17. The molecule has 2 N–H and O–H groups in total. The molecular formula is C15H26N4O. The van der Waals surface area contributed by atoms with Gasteiger partial charge in [-0.25, -0.2) is 4.98 Å². The molecule has 1 saturated heterocycles. The number of nitrogens with two attached hydrogens (primary N) is 1. The highest BCUT2D eigenvalue weighted by molar-refractivity contribution is 5.76. The number of amides is 1. The van der Waals surface area contributed by atoms with Gasteiger partial charge in [-0.3, -0.25) is 4.79 Å². The first-order chi connectivity index (χ1) is 9.63. The predicted molar refractivity (Wildman–Crippen MR) is 79.3 cm³/mol. The topological polar surface area (TPSA) is 64.1 Å². The minimum Gasteiger partial charge on any atom is -0.343 e. The molecule has 0 radical (unpaired) electrons. The van der Waals surface area contributed by atoms with Gasteiger partial charge in [-0.2, -0.15) is 0 Å². The lowest BCUT2D eigenvalue weighted by atomic mass is 9.93. The van der Waals surface area contributed by atoms with Gasteiger partial charge in [-0.15, -0.1) is 0 Å². The lowest BCUT2D eigenvalue weighted by Gasteiger charge is -2.21. The summed E-state index contributed by atoms with van der Waals surface area (Å²) in [6.07, 6.45) is 6.55. The van der Waals surface area contributed by atoms with Crippen LogP contribution >= 0.6 is 0 Å². The summed E-state index contributed by atoms with van der Waals surface area (Å²) >= 11 is 0. The van der Waals surface area contributed by atoms with E-state index in [1.54, 1.807) is 0 Å². The summed E-state index contributed by atoms with van der Waals surface area (Å²) in [5, 5.41) is 0. The molecule has 2 rings (SSSR count). The Labute approximate surface area is 121 Å². The van der Waals surface area contributed by atoms with Gasteiger partial charge in [0.15, 0.2) is 0 Å². The van der Waals surface area contributed by atoms with Crippen LogP contribution in [0.15, 0.2) is 12.5 Å². The van der Waals surface area contributed by atoms with Crippen molar-refractivity contribution in [3.05, 3.63) is 18.2 Å². The number of aromatic nitrogens is 2. The van der Waals surface area contributed by atoms with Gasteiger partial charge in [-0.1, -0.05) is 13.8 Å². The second-order valence-electron chi connectivity index (χ2n) is 5.94.